The minimum Gasteiger partial charge on any atom is -0.310 e. The lowest BCUT2D eigenvalue weighted by atomic mass is 9.91. The molecule has 57 heavy (non-hydrogen) atoms. The van der Waals surface area contributed by atoms with E-state index in [2.05, 4.69) is 229 Å². The van der Waals surface area contributed by atoms with Gasteiger partial charge in [-0.25, -0.2) is 0 Å². The van der Waals surface area contributed by atoms with Crippen LogP contribution >= 0.6 is 0 Å². The molecule has 0 spiro atoms. The summed E-state index contributed by atoms with van der Waals surface area (Å²) in [6.45, 7) is 0. The maximum atomic E-state index is 2.39. The van der Waals surface area contributed by atoms with Crippen LogP contribution in [0.15, 0.2) is 224 Å². The summed E-state index contributed by atoms with van der Waals surface area (Å²) < 4.78 is 0. The molecule has 0 aromatic heterocycles. The van der Waals surface area contributed by atoms with Crippen LogP contribution in [0.1, 0.15) is 0 Å². The molecule has 0 saturated carbocycles. The maximum absolute atomic E-state index is 2.39. The Kier molecular flexibility index (Phi) is 7.89. The summed E-state index contributed by atoms with van der Waals surface area (Å²) in [4.78, 5) is 2.36. The number of anilines is 3. The molecular weight excluding hydrogens is 687 g/mol. The first kappa shape index (κ1) is 32.9. The van der Waals surface area contributed by atoms with Crippen molar-refractivity contribution >= 4 is 70.9 Å². The zero-order valence-corrected chi connectivity index (χ0v) is 31.3. The Hall–Kier alpha value is -7.48. The van der Waals surface area contributed by atoms with Gasteiger partial charge in [0.05, 0.1) is 0 Å². The van der Waals surface area contributed by atoms with E-state index in [4.69, 9.17) is 0 Å². The van der Waals surface area contributed by atoms with Gasteiger partial charge in [0.15, 0.2) is 0 Å². The number of fused-ring (bicyclic) bond motifs is 8. The van der Waals surface area contributed by atoms with E-state index in [1.807, 2.05) is 0 Å². The lowest BCUT2D eigenvalue weighted by Crippen LogP contribution is -2.09. The third kappa shape index (κ3) is 5.89. The molecule has 1 nitrogen and oxygen atoms in total. The topological polar surface area (TPSA) is 3.24 Å². The number of hydrogen-bond acceptors (Lipinski definition) is 1. The van der Waals surface area contributed by atoms with Crippen LogP contribution in [0, 0.1) is 0 Å². The van der Waals surface area contributed by atoms with E-state index in [1.54, 1.807) is 0 Å². The Labute approximate surface area is 332 Å². The van der Waals surface area contributed by atoms with E-state index in [0.29, 0.717) is 0 Å². The first-order valence-electron chi connectivity index (χ1n) is 19.7. The molecule has 0 radical (unpaired) electrons. The summed E-state index contributed by atoms with van der Waals surface area (Å²) in [5.41, 5.74) is 10.6. The molecule has 0 fully saturated rings. The second-order valence-electron chi connectivity index (χ2n) is 15.0. The highest BCUT2D eigenvalue weighted by Crippen LogP contribution is 2.40. The molecule has 1 heteroatoms. The molecule has 11 rings (SSSR count). The largest absolute Gasteiger partial charge is 0.310 e. The van der Waals surface area contributed by atoms with Gasteiger partial charge < -0.3 is 4.90 Å². The molecular formula is C56H37N. The van der Waals surface area contributed by atoms with Gasteiger partial charge in [-0.1, -0.05) is 164 Å². The maximum Gasteiger partial charge on any atom is 0.0468 e. The van der Waals surface area contributed by atoms with Crippen molar-refractivity contribution < 1.29 is 0 Å². The van der Waals surface area contributed by atoms with Gasteiger partial charge in [-0.15, -0.1) is 0 Å². The number of nitrogens with zero attached hydrogens (tertiary/aromatic N) is 1. The third-order valence-electron chi connectivity index (χ3n) is 11.6. The Morgan fingerprint density at radius 2 is 0.526 bits per heavy atom. The molecule has 0 aliphatic heterocycles. The van der Waals surface area contributed by atoms with Gasteiger partial charge in [0.1, 0.15) is 0 Å². The summed E-state index contributed by atoms with van der Waals surface area (Å²) >= 11 is 0. The van der Waals surface area contributed by atoms with Crippen molar-refractivity contribution in [2.45, 2.75) is 0 Å². The van der Waals surface area contributed by atoms with Crippen LogP contribution in [0.4, 0.5) is 17.1 Å². The molecule has 0 aliphatic rings. The Morgan fingerprint density at radius 3 is 1.04 bits per heavy atom. The summed E-state index contributed by atoms with van der Waals surface area (Å²) in [6, 6.07) is 82.0. The van der Waals surface area contributed by atoms with Crippen LogP contribution in [0.2, 0.25) is 0 Å². The van der Waals surface area contributed by atoms with Gasteiger partial charge in [-0.3, -0.25) is 0 Å². The predicted octanol–water partition coefficient (Wildman–Crippen LogP) is 15.9. The lowest BCUT2D eigenvalue weighted by molar-refractivity contribution is 1.29. The summed E-state index contributed by atoms with van der Waals surface area (Å²) in [6.07, 6.45) is 0. The van der Waals surface area contributed by atoms with Crippen molar-refractivity contribution in [3.05, 3.63) is 224 Å². The zero-order chi connectivity index (χ0) is 37.7. The van der Waals surface area contributed by atoms with E-state index >= 15 is 0 Å². The van der Waals surface area contributed by atoms with Crippen molar-refractivity contribution in [3.63, 3.8) is 0 Å². The number of rotatable bonds is 6. The Bertz CT molecular complexity index is 3170. The smallest absolute Gasteiger partial charge is 0.0468 e. The molecule has 0 heterocycles. The Morgan fingerprint density at radius 1 is 0.193 bits per heavy atom. The van der Waals surface area contributed by atoms with Crippen LogP contribution in [-0.4, -0.2) is 0 Å². The van der Waals surface area contributed by atoms with Gasteiger partial charge in [0.2, 0.25) is 0 Å². The normalized spacial score (nSPS) is 11.5. The van der Waals surface area contributed by atoms with Gasteiger partial charge in [0.25, 0.3) is 0 Å². The van der Waals surface area contributed by atoms with Crippen molar-refractivity contribution in [1.82, 2.24) is 0 Å². The molecule has 0 N–H and O–H groups in total. The van der Waals surface area contributed by atoms with E-state index in [-0.39, 0.29) is 0 Å². The van der Waals surface area contributed by atoms with Crippen molar-refractivity contribution in [1.29, 1.82) is 0 Å². The third-order valence-corrected chi connectivity index (χ3v) is 11.6. The standard InChI is InChI=1S/C56H37N/c1-3-11-38(12-4-1)40-23-28-48(29-24-40)57(49-30-25-41(26-31-49)39-13-5-2-6-14-39)50-32-27-44-33-42(19-21-45(44)35-50)43-20-22-46-36-55-53-17-9-7-15-51(53)52-16-8-10-18-54(52)56(55)37-47(46)34-43/h1-37H. The van der Waals surface area contributed by atoms with Crippen LogP contribution in [0.3, 0.4) is 0 Å². The molecule has 0 amide bonds. The van der Waals surface area contributed by atoms with E-state index in [0.717, 1.165) is 17.1 Å². The van der Waals surface area contributed by atoms with Gasteiger partial charge >= 0.3 is 0 Å². The highest BCUT2D eigenvalue weighted by atomic mass is 15.1. The summed E-state index contributed by atoms with van der Waals surface area (Å²) in [5.74, 6) is 0. The predicted molar refractivity (Wildman–Crippen MR) is 245 cm³/mol. The van der Waals surface area contributed by atoms with Gasteiger partial charge in [-0.2, -0.15) is 0 Å². The van der Waals surface area contributed by atoms with Crippen LogP contribution in [-0.2, 0) is 0 Å². The highest BCUT2D eigenvalue weighted by Gasteiger charge is 2.15. The van der Waals surface area contributed by atoms with Crippen molar-refractivity contribution in [3.8, 4) is 33.4 Å². The molecule has 0 unspecified atom stereocenters. The quantitative estimate of drug-likeness (QED) is 0.122. The molecule has 11 aromatic rings. The van der Waals surface area contributed by atoms with Crippen LogP contribution in [0.5, 0.6) is 0 Å². The number of hydrogen-bond donors (Lipinski definition) is 0. The molecule has 266 valence electrons. The average molecular weight is 724 g/mol. The fourth-order valence-corrected chi connectivity index (χ4v) is 8.69. The van der Waals surface area contributed by atoms with E-state index in [9.17, 15) is 0 Å². The second-order valence-corrected chi connectivity index (χ2v) is 15.0. The first-order valence-corrected chi connectivity index (χ1v) is 19.7. The van der Waals surface area contributed by atoms with Gasteiger partial charge in [0, 0.05) is 17.1 Å². The fourth-order valence-electron chi connectivity index (χ4n) is 8.69. The summed E-state index contributed by atoms with van der Waals surface area (Å²) in [5, 5.41) is 12.7. The first-order chi connectivity index (χ1) is 28.2. The van der Waals surface area contributed by atoms with Gasteiger partial charge in [-0.05, 0) is 148 Å². The van der Waals surface area contributed by atoms with E-state index < -0.39 is 0 Å². The molecule has 0 bridgehead atoms. The molecule has 0 aliphatic carbocycles. The fraction of sp³-hybridized carbons (Fsp3) is 0. The van der Waals surface area contributed by atoms with E-state index in [1.165, 1.54) is 87.2 Å². The van der Waals surface area contributed by atoms with Crippen LogP contribution in [0.25, 0.3) is 87.2 Å². The monoisotopic (exact) mass is 723 g/mol. The average Bonchev–Trinajstić information content (AvgIpc) is 3.29. The number of benzene rings is 11. The second kappa shape index (κ2) is 13.7. The molecule has 0 atom stereocenters. The zero-order valence-electron chi connectivity index (χ0n) is 31.3. The summed E-state index contributed by atoms with van der Waals surface area (Å²) in [7, 11) is 0. The highest BCUT2D eigenvalue weighted by molar-refractivity contribution is 6.27. The van der Waals surface area contributed by atoms with Crippen molar-refractivity contribution in [2.75, 3.05) is 4.90 Å². The minimum atomic E-state index is 1.11. The lowest BCUT2D eigenvalue weighted by Gasteiger charge is -2.26. The Balaban J connectivity index is 0.977. The minimum absolute atomic E-state index is 1.11. The SMILES string of the molecule is c1ccc(-c2ccc(N(c3ccc(-c4ccccc4)cc3)c3ccc4cc(-c5ccc6cc7c8ccccc8c8ccccc8c7cc6c5)ccc4c3)cc2)cc1. The molecule has 11 aromatic carbocycles. The molecule has 0 saturated heterocycles. The van der Waals surface area contributed by atoms with Crippen molar-refractivity contribution in [2.24, 2.45) is 0 Å². The van der Waals surface area contributed by atoms with Crippen LogP contribution < -0.4 is 4.90 Å².